The Morgan fingerprint density at radius 1 is 0.739 bits per heavy atom. The molecule has 0 bridgehead atoms. The van der Waals surface area contributed by atoms with E-state index in [2.05, 4.69) is 69.7 Å². The molecule has 0 aromatic heterocycles. The quantitative estimate of drug-likeness (QED) is 0.124. The Kier molecular flexibility index (Phi) is 11.5. The fraction of sp³-hybridized carbons (Fsp3) is 0.650. The number of allylic oxidation sites excluding steroid dienone is 6. The maximum Gasteiger partial charge on any atom is 0.145 e. The van der Waals surface area contributed by atoms with Gasteiger partial charge in [0.05, 0.1) is 0 Å². The Balaban J connectivity index is 3.90. The van der Waals surface area contributed by atoms with Crippen LogP contribution in [0, 0.1) is 0 Å². The summed E-state index contributed by atoms with van der Waals surface area (Å²) in [5.74, 6) is 0. The van der Waals surface area contributed by atoms with Crippen molar-refractivity contribution in [2.24, 2.45) is 0 Å². The molecule has 0 aliphatic heterocycles. The van der Waals surface area contributed by atoms with Crippen molar-refractivity contribution in [2.45, 2.75) is 83.5 Å². The summed E-state index contributed by atoms with van der Waals surface area (Å²) in [6, 6.07) is 2.50. The summed E-state index contributed by atoms with van der Waals surface area (Å²) in [4.78, 5) is 11.1. The molecule has 0 saturated carbocycles. The molecule has 0 aliphatic carbocycles. The third-order valence-corrected chi connectivity index (χ3v) is 6.45. The van der Waals surface area contributed by atoms with E-state index < -0.39 is 16.1 Å². The van der Waals surface area contributed by atoms with E-state index in [1.54, 1.807) is 0 Å². The minimum Gasteiger partial charge on any atom is -0.298 e. The van der Waals surface area contributed by atoms with Crippen molar-refractivity contribution in [1.29, 1.82) is 0 Å². The average molecular weight is 351 g/mol. The molecule has 0 atom stereocenters. The first-order valence-corrected chi connectivity index (χ1v) is 16.5. The van der Waals surface area contributed by atoms with Gasteiger partial charge in [0.1, 0.15) is 6.29 Å². The molecule has 1 nitrogen and oxygen atoms in total. The van der Waals surface area contributed by atoms with Crippen LogP contribution in [0.2, 0.25) is 51.4 Å². The zero-order chi connectivity index (χ0) is 17.8. The van der Waals surface area contributed by atoms with Crippen molar-refractivity contribution in [2.75, 3.05) is 0 Å². The number of unbranched alkanes of at least 4 members (excludes halogenated alkanes) is 2. The minimum atomic E-state index is -0.967. The molecule has 0 aliphatic rings. The molecule has 0 aromatic rings. The van der Waals surface area contributed by atoms with Gasteiger partial charge in [-0.2, -0.15) is 0 Å². The van der Waals surface area contributed by atoms with Crippen molar-refractivity contribution in [3.05, 3.63) is 36.0 Å². The Morgan fingerprint density at radius 3 is 1.74 bits per heavy atom. The Labute approximate surface area is 147 Å². The fourth-order valence-electron chi connectivity index (χ4n) is 2.09. The molecule has 0 aromatic carbocycles. The zero-order valence-electron chi connectivity index (χ0n) is 16.3. The van der Waals surface area contributed by atoms with Crippen LogP contribution < -0.4 is 0 Å². The summed E-state index contributed by atoms with van der Waals surface area (Å²) in [6.07, 6.45) is 17.5. The third kappa shape index (κ3) is 17.5. The Morgan fingerprint density at radius 2 is 1.26 bits per heavy atom. The molecule has 0 rings (SSSR count). The van der Waals surface area contributed by atoms with Gasteiger partial charge < -0.3 is 0 Å². The van der Waals surface area contributed by atoms with Crippen LogP contribution in [0.15, 0.2) is 36.0 Å². The highest BCUT2D eigenvalue weighted by Crippen LogP contribution is 2.12. The van der Waals surface area contributed by atoms with Gasteiger partial charge in [0.15, 0.2) is 0 Å². The molecule has 0 fully saturated rings. The molecule has 0 spiro atoms. The van der Waals surface area contributed by atoms with Gasteiger partial charge in [-0.05, 0) is 49.8 Å². The first-order chi connectivity index (χ1) is 10.6. The predicted molar refractivity (Wildman–Crippen MR) is 112 cm³/mol. The van der Waals surface area contributed by atoms with E-state index in [0.29, 0.717) is 0 Å². The van der Waals surface area contributed by atoms with Gasteiger partial charge >= 0.3 is 0 Å². The SMILES string of the molecule is C[Si](C)(C)C/C=C\CCC/C=C(/C=O)CC/C=C\C[Si](C)(C)C. The van der Waals surface area contributed by atoms with Gasteiger partial charge in [0.25, 0.3) is 0 Å². The molecule has 0 heterocycles. The van der Waals surface area contributed by atoms with Crippen LogP contribution in [0.1, 0.15) is 32.1 Å². The number of carbonyl (C=O) groups excluding carboxylic acids is 1. The molecule has 0 saturated heterocycles. The molecule has 0 N–H and O–H groups in total. The highest BCUT2D eigenvalue weighted by molar-refractivity contribution is 6.76. The highest BCUT2D eigenvalue weighted by Gasteiger charge is 2.09. The molecule has 0 radical (unpaired) electrons. The van der Waals surface area contributed by atoms with Crippen LogP contribution in [0.3, 0.4) is 0 Å². The molecule has 3 heteroatoms. The maximum absolute atomic E-state index is 11.1. The van der Waals surface area contributed by atoms with Crippen LogP contribution >= 0.6 is 0 Å². The molecule has 0 amide bonds. The van der Waals surface area contributed by atoms with Crippen molar-refractivity contribution in [1.82, 2.24) is 0 Å². The minimum absolute atomic E-state index is 0.886. The van der Waals surface area contributed by atoms with Crippen LogP contribution in [-0.4, -0.2) is 22.4 Å². The second-order valence-electron chi connectivity index (χ2n) is 8.84. The molecule has 23 heavy (non-hydrogen) atoms. The third-order valence-electron chi connectivity index (χ3n) is 3.53. The van der Waals surface area contributed by atoms with E-state index in [1.165, 1.54) is 12.1 Å². The van der Waals surface area contributed by atoms with Gasteiger partial charge in [-0.1, -0.05) is 69.7 Å². The zero-order valence-corrected chi connectivity index (χ0v) is 18.3. The van der Waals surface area contributed by atoms with Crippen LogP contribution in [0.4, 0.5) is 0 Å². The Hall–Kier alpha value is -0.676. The summed E-state index contributed by atoms with van der Waals surface area (Å²) in [5.41, 5.74) is 0.966. The van der Waals surface area contributed by atoms with Gasteiger partial charge in [-0.25, -0.2) is 0 Å². The average Bonchev–Trinajstić information content (AvgIpc) is 2.41. The summed E-state index contributed by atoms with van der Waals surface area (Å²) < 4.78 is 0. The van der Waals surface area contributed by atoms with Gasteiger partial charge in [0.2, 0.25) is 0 Å². The predicted octanol–water partition coefficient (Wildman–Crippen LogP) is 6.85. The van der Waals surface area contributed by atoms with E-state index in [9.17, 15) is 4.79 Å². The van der Waals surface area contributed by atoms with Crippen molar-refractivity contribution in [3.8, 4) is 0 Å². The standard InChI is InChI=1S/C20H38OSi2/c1-22(2,3)17-13-9-7-8-11-15-20(19-21)16-12-10-14-18-23(4,5)6/h9-10,13-15,19H,7-8,11-12,16-18H2,1-6H3/b13-9-,14-10-,20-15+. The van der Waals surface area contributed by atoms with Crippen LogP contribution in [-0.2, 0) is 4.79 Å². The highest BCUT2D eigenvalue weighted by atomic mass is 28.3. The molecular weight excluding hydrogens is 312 g/mol. The largest absolute Gasteiger partial charge is 0.298 e. The smallest absolute Gasteiger partial charge is 0.145 e. The lowest BCUT2D eigenvalue weighted by Gasteiger charge is -2.11. The number of hydrogen-bond donors (Lipinski definition) is 0. The monoisotopic (exact) mass is 350 g/mol. The number of carbonyl (C=O) groups is 1. The summed E-state index contributed by atoms with van der Waals surface area (Å²) >= 11 is 0. The van der Waals surface area contributed by atoms with E-state index in [0.717, 1.165) is 44.0 Å². The molecular formula is C20H38OSi2. The van der Waals surface area contributed by atoms with Crippen molar-refractivity contribution in [3.63, 3.8) is 0 Å². The second kappa shape index (κ2) is 11.8. The van der Waals surface area contributed by atoms with E-state index >= 15 is 0 Å². The normalized spacial score (nSPS) is 14.1. The summed E-state index contributed by atoms with van der Waals surface area (Å²) in [6.45, 7) is 14.3. The van der Waals surface area contributed by atoms with Gasteiger partial charge in [0, 0.05) is 16.1 Å². The topological polar surface area (TPSA) is 17.1 Å². The Bertz CT molecular complexity index is 406. The van der Waals surface area contributed by atoms with Gasteiger partial charge in [-0.3, -0.25) is 4.79 Å². The number of rotatable bonds is 12. The lowest BCUT2D eigenvalue weighted by molar-refractivity contribution is -0.105. The first kappa shape index (κ1) is 22.3. The fourth-order valence-corrected chi connectivity index (χ4v) is 3.84. The van der Waals surface area contributed by atoms with E-state index in [4.69, 9.17) is 0 Å². The van der Waals surface area contributed by atoms with Crippen LogP contribution in [0.5, 0.6) is 0 Å². The summed E-state index contributed by atoms with van der Waals surface area (Å²) in [5, 5.41) is 0. The summed E-state index contributed by atoms with van der Waals surface area (Å²) in [7, 11) is -1.90. The van der Waals surface area contributed by atoms with Crippen LogP contribution in [0.25, 0.3) is 0 Å². The first-order valence-electron chi connectivity index (χ1n) is 9.08. The number of hydrogen-bond acceptors (Lipinski definition) is 1. The van der Waals surface area contributed by atoms with E-state index in [-0.39, 0.29) is 0 Å². The molecule has 0 unspecified atom stereocenters. The van der Waals surface area contributed by atoms with Crippen molar-refractivity contribution < 1.29 is 4.79 Å². The second-order valence-corrected chi connectivity index (χ2v) is 19.9. The van der Waals surface area contributed by atoms with E-state index in [1.807, 2.05) is 0 Å². The van der Waals surface area contributed by atoms with Crippen molar-refractivity contribution >= 4 is 22.4 Å². The molecule has 132 valence electrons. The van der Waals surface area contributed by atoms with Gasteiger partial charge in [-0.15, -0.1) is 0 Å². The number of aldehydes is 1. The lowest BCUT2D eigenvalue weighted by Crippen LogP contribution is -2.17. The maximum atomic E-state index is 11.1. The lowest BCUT2D eigenvalue weighted by atomic mass is 10.1.